The minimum atomic E-state index is -0.411. The number of aliphatic hydroxyl groups excluding tert-OH is 1. The Morgan fingerprint density at radius 3 is 2.05 bits per heavy atom. The first-order chi connectivity index (χ1) is 9.16. The van der Waals surface area contributed by atoms with Crippen LogP contribution in [0.1, 0.15) is 37.0 Å². The van der Waals surface area contributed by atoms with Crippen molar-refractivity contribution in [2.24, 2.45) is 0 Å². The molecule has 2 heteroatoms. The van der Waals surface area contributed by atoms with Gasteiger partial charge in [-0.1, -0.05) is 56.3 Å². The van der Waals surface area contributed by atoms with Crippen LogP contribution in [0.4, 0.5) is 0 Å². The molecule has 0 spiro atoms. The molecular weight excluding hydrogens is 252 g/mol. The fraction of sp³-hybridized carbons (Fsp3) is 0.294. The second-order valence-corrected chi connectivity index (χ2v) is 6.05. The molecule has 0 aromatic heterocycles. The number of hydrogen-bond donors (Lipinski definition) is 1. The largest absolute Gasteiger partial charge is 0.388 e. The van der Waals surface area contributed by atoms with Crippen molar-refractivity contribution in [2.75, 3.05) is 5.75 Å². The van der Waals surface area contributed by atoms with E-state index in [1.165, 1.54) is 10.5 Å². The molecule has 0 radical (unpaired) electrons. The lowest BCUT2D eigenvalue weighted by Gasteiger charge is -2.12. The van der Waals surface area contributed by atoms with Gasteiger partial charge in [-0.05, 0) is 29.2 Å². The molecule has 0 saturated carbocycles. The van der Waals surface area contributed by atoms with Gasteiger partial charge in [-0.15, -0.1) is 11.8 Å². The number of aliphatic hydroxyl groups is 1. The second-order valence-electron chi connectivity index (χ2n) is 4.96. The zero-order valence-corrected chi connectivity index (χ0v) is 12.2. The molecule has 1 atom stereocenters. The second kappa shape index (κ2) is 6.78. The van der Waals surface area contributed by atoms with Crippen molar-refractivity contribution in [1.29, 1.82) is 0 Å². The summed E-state index contributed by atoms with van der Waals surface area (Å²) < 4.78 is 0. The molecule has 1 unspecified atom stereocenters. The first-order valence-corrected chi connectivity index (χ1v) is 7.61. The Morgan fingerprint density at radius 1 is 0.895 bits per heavy atom. The monoisotopic (exact) mass is 272 g/mol. The van der Waals surface area contributed by atoms with E-state index in [2.05, 4.69) is 38.1 Å². The molecule has 1 N–H and O–H groups in total. The molecule has 100 valence electrons. The Labute approximate surface area is 119 Å². The molecule has 1 nitrogen and oxygen atoms in total. The molecule has 0 amide bonds. The summed E-state index contributed by atoms with van der Waals surface area (Å²) in [6.45, 7) is 4.35. The molecule has 2 aromatic rings. The molecule has 0 aliphatic heterocycles. The molecule has 2 aromatic carbocycles. The van der Waals surface area contributed by atoms with Crippen LogP contribution in [0.5, 0.6) is 0 Å². The summed E-state index contributed by atoms with van der Waals surface area (Å²) in [7, 11) is 0. The zero-order chi connectivity index (χ0) is 13.7. The lowest BCUT2D eigenvalue weighted by Crippen LogP contribution is -2.01. The smallest absolute Gasteiger partial charge is 0.0883 e. The average Bonchev–Trinajstić information content (AvgIpc) is 2.46. The quantitative estimate of drug-likeness (QED) is 0.800. The predicted octanol–water partition coefficient (Wildman–Crippen LogP) is 4.64. The van der Waals surface area contributed by atoms with Gasteiger partial charge < -0.3 is 5.11 Å². The van der Waals surface area contributed by atoms with Gasteiger partial charge in [0, 0.05) is 10.6 Å². The van der Waals surface area contributed by atoms with Crippen molar-refractivity contribution in [3.8, 4) is 0 Å². The van der Waals surface area contributed by atoms with Crippen LogP contribution in [0.3, 0.4) is 0 Å². The third-order valence-electron chi connectivity index (χ3n) is 3.14. The van der Waals surface area contributed by atoms with Crippen molar-refractivity contribution in [2.45, 2.75) is 30.8 Å². The first kappa shape index (κ1) is 14.2. The third-order valence-corrected chi connectivity index (χ3v) is 4.23. The van der Waals surface area contributed by atoms with E-state index in [-0.39, 0.29) is 0 Å². The molecule has 0 heterocycles. The average molecular weight is 272 g/mol. The maximum Gasteiger partial charge on any atom is 0.0883 e. The summed E-state index contributed by atoms with van der Waals surface area (Å²) in [4.78, 5) is 1.19. The molecule has 0 aliphatic carbocycles. The van der Waals surface area contributed by atoms with E-state index in [4.69, 9.17) is 0 Å². The number of rotatable bonds is 5. The highest BCUT2D eigenvalue weighted by Gasteiger charge is 2.08. The van der Waals surface area contributed by atoms with Gasteiger partial charge in [-0.25, -0.2) is 0 Å². The highest BCUT2D eigenvalue weighted by Crippen LogP contribution is 2.25. The molecule has 0 bridgehead atoms. The van der Waals surface area contributed by atoms with Gasteiger partial charge >= 0.3 is 0 Å². The molecule has 0 fully saturated rings. The fourth-order valence-electron chi connectivity index (χ4n) is 1.89. The van der Waals surface area contributed by atoms with E-state index in [1.54, 1.807) is 11.8 Å². The van der Waals surface area contributed by atoms with Crippen LogP contribution in [0, 0.1) is 0 Å². The number of benzene rings is 2. The van der Waals surface area contributed by atoms with Crippen molar-refractivity contribution >= 4 is 11.8 Å². The Morgan fingerprint density at radius 2 is 1.47 bits per heavy atom. The first-order valence-electron chi connectivity index (χ1n) is 6.62. The molecule has 0 saturated heterocycles. The van der Waals surface area contributed by atoms with Gasteiger partial charge in [0.15, 0.2) is 0 Å². The molecule has 0 aliphatic rings. The molecule has 19 heavy (non-hydrogen) atoms. The Balaban J connectivity index is 1.94. The zero-order valence-electron chi connectivity index (χ0n) is 11.4. The molecular formula is C17H20OS. The van der Waals surface area contributed by atoms with Gasteiger partial charge in [0.05, 0.1) is 6.10 Å². The standard InChI is InChI=1S/C17H20OS/c1-13(2)14-8-10-15(11-9-14)17(18)12-19-16-6-4-3-5-7-16/h3-11,13,17-18H,12H2,1-2H3. The minimum absolute atomic E-state index is 0.411. The van der Waals surface area contributed by atoms with Crippen molar-refractivity contribution < 1.29 is 5.11 Å². The van der Waals surface area contributed by atoms with Crippen LogP contribution in [-0.4, -0.2) is 10.9 Å². The summed E-state index contributed by atoms with van der Waals surface area (Å²) in [6, 6.07) is 18.5. The SMILES string of the molecule is CC(C)c1ccc(C(O)CSc2ccccc2)cc1. The fourth-order valence-corrected chi connectivity index (χ4v) is 2.78. The van der Waals surface area contributed by atoms with E-state index in [0.29, 0.717) is 11.7 Å². The van der Waals surface area contributed by atoms with E-state index in [0.717, 1.165) is 5.56 Å². The maximum atomic E-state index is 10.2. The van der Waals surface area contributed by atoms with Crippen LogP contribution in [-0.2, 0) is 0 Å². The Hall–Kier alpha value is -1.25. The highest BCUT2D eigenvalue weighted by atomic mass is 32.2. The normalized spacial score (nSPS) is 12.6. The van der Waals surface area contributed by atoms with Crippen molar-refractivity contribution in [3.05, 3.63) is 65.7 Å². The Bertz CT molecular complexity index is 490. The highest BCUT2D eigenvalue weighted by molar-refractivity contribution is 7.99. The summed E-state index contributed by atoms with van der Waals surface area (Å²) >= 11 is 1.68. The van der Waals surface area contributed by atoms with Gasteiger partial charge in [-0.3, -0.25) is 0 Å². The van der Waals surface area contributed by atoms with Crippen molar-refractivity contribution in [3.63, 3.8) is 0 Å². The van der Waals surface area contributed by atoms with Crippen LogP contribution in [0.15, 0.2) is 59.5 Å². The third kappa shape index (κ3) is 4.12. The van der Waals surface area contributed by atoms with E-state index in [9.17, 15) is 5.11 Å². The van der Waals surface area contributed by atoms with Crippen LogP contribution in [0.2, 0.25) is 0 Å². The van der Waals surface area contributed by atoms with E-state index < -0.39 is 6.10 Å². The lowest BCUT2D eigenvalue weighted by atomic mass is 10.0. The van der Waals surface area contributed by atoms with Crippen LogP contribution in [0.25, 0.3) is 0 Å². The van der Waals surface area contributed by atoms with Crippen LogP contribution < -0.4 is 0 Å². The minimum Gasteiger partial charge on any atom is -0.388 e. The number of hydrogen-bond acceptors (Lipinski definition) is 2. The predicted molar refractivity (Wildman–Crippen MR) is 82.7 cm³/mol. The van der Waals surface area contributed by atoms with Gasteiger partial charge in [0.2, 0.25) is 0 Å². The van der Waals surface area contributed by atoms with Gasteiger partial charge in [0.1, 0.15) is 0 Å². The summed E-state index contributed by atoms with van der Waals surface area (Å²) in [5.41, 5.74) is 2.31. The maximum absolute atomic E-state index is 10.2. The lowest BCUT2D eigenvalue weighted by molar-refractivity contribution is 0.204. The summed E-state index contributed by atoms with van der Waals surface area (Å²) in [5.74, 6) is 1.22. The van der Waals surface area contributed by atoms with E-state index >= 15 is 0 Å². The van der Waals surface area contributed by atoms with Crippen molar-refractivity contribution in [1.82, 2.24) is 0 Å². The number of thioether (sulfide) groups is 1. The summed E-state index contributed by atoms with van der Waals surface area (Å²) in [6.07, 6.45) is -0.411. The van der Waals surface area contributed by atoms with Gasteiger partial charge in [-0.2, -0.15) is 0 Å². The summed E-state index contributed by atoms with van der Waals surface area (Å²) in [5, 5.41) is 10.2. The Kier molecular flexibility index (Phi) is 5.06. The van der Waals surface area contributed by atoms with Gasteiger partial charge in [0.25, 0.3) is 0 Å². The topological polar surface area (TPSA) is 20.2 Å². The molecule has 2 rings (SSSR count). The van der Waals surface area contributed by atoms with E-state index in [1.807, 2.05) is 30.3 Å². The van der Waals surface area contributed by atoms with Crippen LogP contribution >= 0.6 is 11.8 Å².